The molecule has 0 fully saturated rings. The van der Waals surface area contributed by atoms with Gasteiger partial charge in [0, 0.05) is 33.6 Å². The maximum Gasteiger partial charge on any atom is 0.204 e. The molecule has 0 saturated heterocycles. The molecule has 0 spiro atoms. The van der Waals surface area contributed by atoms with E-state index < -0.39 is 8.07 Å². The van der Waals surface area contributed by atoms with Crippen molar-refractivity contribution in [2.75, 3.05) is 12.3 Å². The number of hydrogen-bond donors (Lipinski definition) is 1. The highest BCUT2D eigenvalue weighted by Crippen LogP contribution is 2.26. The normalized spacial score (nSPS) is 12.0. The van der Waals surface area contributed by atoms with Gasteiger partial charge in [-0.3, -0.25) is 4.79 Å². The molecule has 7 nitrogen and oxygen atoms in total. The molecule has 0 unspecified atom stereocenters. The number of rotatable bonds is 8. The monoisotopic (exact) mass is 433 g/mol. The lowest BCUT2D eigenvalue weighted by Crippen LogP contribution is -2.22. The summed E-state index contributed by atoms with van der Waals surface area (Å²) in [5.41, 5.74) is 7.11. The third kappa shape index (κ3) is 4.71. The first kappa shape index (κ1) is 21.5. The Morgan fingerprint density at radius 3 is 2.72 bits per heavy atom. The van der Waals surface area contributed by atoms with Crippen molar-refractivity contribution in [3.63, 3.8) is 0 Å². The molecule has 0 bridgehead atoms. The van der Waals surface area contributed by atoms with Crippen molar-refractivity contribution in [1.82, 2.24) is 19.1 Å². The number of aromatic nitrogens is 4. The summed E-state index contributed by atoms with van der Waals surface area (Å²) in [6, 6.07) is 4.39. The Kier molecular flexibility index (Phi) is 6.45. The van der Waals surface area contributed by atoms with Crippen LogP contribution in [0.2, 0.25) is 30.8 Å². The van der Waals surface area contributed by atoms with Crippen LogP contribution in [-0.4, -0.2) is 33.8 Å². The largest absolute Gasteiger partial charge is 0.384 e. The molecular weight excluding hydrogens is 406 g/mol. The molecule has 0 aromatic carbocycles. The van der Waals surface area contributed by atoms with Crippen molar-refractivity contribution in [3.05, 3.63) is 39.9 Å². The van der Waals surface area contributed by atoms with Gasteiger partial charge < -0.3 is 19.6 Å². The Balaban J connectivity index is 2.04. The topological polar surface area (TPSA) is 88.0 Å². The third-order valence-corrected chi connectivity index (χ3v) is 6.64. The Morgan fingerprint density at radius 1 is 1.28 bits per heavy atom. The summed E-state index contributed by atoms with van der Waals surface area (Å²) in [5.74, 6) is 0.843. The second-order valence-electron chi connectivity index (χ2n) is 8.31. The van der Waals surface area contributed by atoms with Crippen molar-refractivity contribution >= 4 is 36.5 Å². The number of nitrogen functional groups attached to an aromatic ring is 1. The van der Waals surface area contributed by atoms with Crippen molar-refractivity contribution in [1.29, 1.82) is 0 Å². The fourth-order valence-electron chi connectivity index (χ4n) is 3.16. The second kappa shape index (κ2) is 8.69. The first-order chi connectivity index (χ1) is 13.7. The molecule has 3 aromatic heterocycles. The zero-order chi connectivity index (χ0) is 21.2. The Morgan fingerprint density at radius 2 is 2.03 bits per heavy atom. The van der Waals surface area contributed by atoms with Crippen LogP contribution in [0.5, 0.6) is 0 Å². The van der Waals surface area contributed by atoms with Gasteiger partial charge in [0.15, 0.2) is 0 Å². The van der Waals surface area contributed by atoms with Crippen LogP contribution in [0.15, 0.2) is 29.3 Å². The van der Waals surface area contributed by atoms with Crippen molar-refractivity contribution in [2.45, 2.75) is 52.3 Å². The van der Waals surface area contributed by atoms with Crippen LogP contribution in [-0.2, 0) is 18.0 Å². The molecule has 29 heavy (non-hydrogen) atoms. The van der Waals surface area contributed by atoms with E-state index in [1.807, 2.05) is 16.1 Å². The number of hydrogen-bond acceptors (Lipinski definition) is 5. The van der Waals surface area contributed by atoms with Crippen molar-refractivity contribution in [3.8, 4) is 11.4 Å². The first-order valence-electron chi connectivity index (χ1n) is 9.80. The molecule has 0 aliphatic rings. The summed E-state index contributed by atoms with van der Waals surface area (Å²) in [6.45, 7) is 10.6. The van der Waals surface area contributed by atoms with E-state index in [1.165, 1.54) is 0 Å². The number of aryl methyl sites for hydroxylation is 1. The lowest BCUT2D eigenvalue weighted by Gasteiger charge is -2.18. The maximum atomic E-state index is 13.3. The molecule has 0 aliphatic carbocycles. The van der Waals surface area contributed by atoms with Crippen LogP contribution in [0.3, 0.4) is 0 Å². The van der Waals surface area contributed by atoms with E-state index in [4.69, 9.17) is 22.1 Å². The van der Waals surface area contributed by atoms with Crippen LogP contribution in [0.4, 0.5) is 5.82 Å². The Hall–Kier alpha value is -2.16. The molecule has 0 atom stereocenters. The second-order valence-corrected chi connectivity index (χ2v) is 14.3. The molecule has 0 amide bonds. The van der Waals surface area contributed by atoms with Gasteiger partial charge in [-0.15, -0.1) is 0 Å². The molecule has 3 aromatic rings. The van der Waals surface area contributed by atoms with Crippen LogP contribution >= 0.6 is 11.6 Å². The minimum atomic E-state index is -1.17. The average molecular weight is 434 g/mol. The van der Waals surface area contributed by atoms with Gasteiger partial charge in [-0.1, -0.05) is 38.2 Å². The number of ether oxygens (including phenoxy) is 1. The zero-order valence-corrected chi connectivity index (χ0v) is 19.2. The minimum Gasteiger partial charge on any atom is -0.384 e. The number of imidazole rings is 1. The highest BCUT2D eigenvalue weighted by atomic mass is 35.5. The van der Waals surface area contributed by atoms with Gasteiger partial charge in [-0.25, -0.2) is 9.97 Å². The number of fused-ring (bicyclic) bond motifs is 1. The highest BCUT2D eigenvalue weighted by molar-refractivity contribution is 6.76. The zero-order valence-electron chi connectivity index (χ0n) is 17.4. The van der Waals surface area contributed by atoms with Crippen LogP contribution in [0.1, 0.15) is 13.3 Å². The number of nitrogens with zero attached hydrogens (tertiary/aromatic N) is 4. The molecule has 3 heterocycles. The van der Waals surface area contributed by atoms with Gasteiger partial charge in [-0.05, 0) is 24.6 Å². The summed E-state index contributed by atoms with van der Waals surface area (Å²) in [6.07, 6.45) is 4.30. The summed E-state index contributed by atoms with van der Waals surface area (Å²) in [4.78, 5) is 22.0. The molecule has 2 N–H and O–H groups in total. The maximum absolute atomic E-state index is 13.3. The molecule has 156 valence electrons. The highest BCUT2D eigenvalue weighted by Gasteiger charge is 2.21. The Labute approximate surface area is 176 Å². The van der Waals surface area contributed by atoms with E-state index in [0.29, 0.717) is 53.3 Å². The van der Waals surface area contributed by atoms with Crippen LogP contribution in [0.25, 0.3) is 22.4 Å². The van der Waals surface area contributed by atoms with E-state index in [1.54, 1.807) is 24.5 Å². The van der Waals surface area contributed by atoms with Gasteiger partial charge in [0.2, 0.25) is 5.43 Å². The molecule has 3 rings (SSSR count). The predicted molar refractivity (Wildman–Crippen MR) is 121 cm³/mol. The number of anilines is 1. The molecular formula is C20H28ClN5O2Si. The number of pyridine rings is 2. The average Bonchev–Trinajstić information content (AvgIpc) is 3.09. The summed E-state index contributed by atoms with van der Waals surface area (Å²) in [5, 5.41) is 0.799. The fraction of sp³-hybridized carbons (Fsp3) is 0.450. The van der Waals surface area contributed by atoms with Gasteiger partial charge in [0.25, 0.3) is 0 Å². The molecule has 0 saturated carbocycles. The number of halogens is 1. The van der Waals surface area contributed by atoms with E-state index in [-0.39, 0.29) is 5.43 Å². The standard InChI is InChI=1S/C20H28ClN5O2Si/c1-5-9-26-18(22)16(17(27)14-6-7-15(21)24-19(14)26)20-23-8-10-25(20)13-28-11-12-29(2,3)4/h6-8,10H,5,9,11-13,22H2,1-4H3. The summed E-state index contributed by atoms with van der Waals surface area (Å²) in [7, 11) is -1.17. The smallest absolute Gasteiger partial charge is 0.204 e. The first-order valence-corrected chi connectivity index (χ1v) is 13.9. The van der Waals surface area contributed by atoms with Gasteiger partial charge in [0.1, 0.15) is 34.7 Å². The van der Waals surface area contributed by atoms with Gasteiger partial charge in [0.05, 0.1) is 5.39 Å². The van der Waals surface area contributed by atoms with Crippen molar-refractivity contribution < 1.29 is 4.74 Å². The predicted octanol–water partition coefficient (Wildman–Crippen LogP) is 4.22. The minimum absolute atomic E-state index is 0.205. The third-order valence-electron chi connectivity index (χ3n) is 4.73. The van der Waals surface area contributed by atoms with Crippen LogP contribution < -0.4 is 11.2 Å². The molecule has 0 aliphatic heterocycles. The quantitative estimate of drug-likeness (QED) is 0.326. The summed E-state index contributed by atoms with van der Waals surface area (Å²) < 4.78 is 9.51. The van der Waals surface area contributed by atoms with E-state index in [0.717, 1.165) is 12.5 Å². The molecule has 0 radical (unpaired) electrons. The lowest BCUT2D eigenvalue weighted by atomic mass is 10.1. The SMILES string of the molecule is CCCn1c(N)c(-c2nccn2COCC[Si](C)(C)C)c(=O)c2ccc(Cl)nc21. The van der Waals surface area contributed by atoms with E-state index >= 15 is 0 Å². The summed E-state index contributed by atoms with van der Waals surface area (Å²) >= 11 is 6.07. The van der Waals surface area contributed by atoms with E-state index in [2.05, 4.69) is 29.6 Å². The number of nitrogens with two attached hydrogens (primary N) is 1. The van der Waals surface area contributed by atoms with Gasteiger partial charge in [-0.2, -0.15) is 0 Å². The fourth-order valence-corrected chi connectivity index (χ4v) is 4.06. The van der Waals surface area contributed by atoms with E-state index in [9.17, 15) is 4.79 Å². The van der Waals surface area contributed by atoms with Crippen LogP contribution in [0, 0.1) is 0 Å². The molecule has 9 heteroatoms. The Bertz CT molecular complexity index is 1070. The van der Waals surface area contributed by atoms with Crippen molar-refractivity contribution in [2.24, 2.45) is 0 Å². The lowest BCUT2D eigenvalue weighted by molar-refractivity contribution is 0.0883. The van der Waals surface area contributed by atoms with Gasteiger partial charge >= 0.3 is 0 Å².